The van der Waals surface area contributed by atoms with Crippen LogP contribution in [0.3, 0.4) is 0 Å². The average Bonchev–Trinajstić information content (AvgIpc) is 2.56. The van der Waals surface area contributed by atoms with Crippen LogP contribution < -0.4 is 5.32 Å². The van der Waals surface area contributed by atoms with Crippen LogP contribution in [0.5, 0.6) is 0 Å². The van der Waals surface area contributed by atoms with Crippen LogP contribution in [0.1, 0.15) is 0 Å². The molecule has 0 saturated carbocycles. The number of hydrogen-bond donors (Lipinski definition) is 1. The first-order valence-electron chi connectivity index (χ1n) is 4.20. The molecule has 3 nitrogen and oxygen atoms in total. The van der Waals surface area contributed by atoms with Gasteiger partial charge in [0.1, 0.15) is 5.52 Å². The van der Waals surface area contributed by atoms with E-state index in [1.165, 1.54) is 0 Å². The summed E-state index contributed by atoms with van der Waals surface area (Å²) >= 11 is 5.81. The minimum absolute atomic E-state index is 0.488. The van der Waals surface area contributed by atoms with E-state index in [2.05, 4.69) is 16.9 Å². The van der Waals surface area contributed by atoms with E-state index in [1.807, 2.05) is 6.07 Å². The Morgan fingerprint density at radius 2 is 2.43 bits per heavy atom. The van der Waals surface area contributed by atoms with Gasteiger partial charge in [0.05, 0.1) is 0 Å². The van der Waals surface area contributed by atoms with Gasteiger partial charge in [-0.25, -0.2) is 0 Å². The van der Waals surface area contributed by atoms with Crippen molar-refractivity contribution in [3.63, 3.8) is 0 Å². The van der Waals surface area contributed by atoms with E-state index in [-0.39, 0.29) is 0 Å². The Bertz CT molecular complexity index is 464. The van der Waals surface area contributed by atoms with Gasteiger partial charge < -0.3 is 9.73 Å². The van der Waals surface area contributed by atoms with Crippen molar-refractivity contribution in [2.75, 3.05) is 11.9 Å². The molecule has 0 spiro atoms. The standard InChI is InChI=1S/C10H9ClN2O/c1-2-5-12-10-13-8-4-3-7(11)6-9(8)14-10/h2-4,6H,1,5H2,(H,12,13). The molecule has 0 amide bonds. The molecule has 2 rings (SSSR count). The number of fused-ring (bicyclic) bond motifs is 1. The molecule has 0 fully saturated rings. The number of hydrogen-bond acceptors (Lipinski definition) is 3. The summed E-state index contributed by atoms with van der Waals surface area (Å²) in [5, 5.41) is 3.61. The van der Waals surface area contributed by atoms with Gasteiger partial charge in [0.15, 0.2) is 5.58 Å². The zero-order chi connectivity index (χ0) is 9.97. The first kappa shape index (κ1) is 9.09. The monoisotopic (exact) mass is 208 g/mol. The predicted molar refractivity (Wildman–Crippen MR) is 57.7 cm³/mol. The molecule has 0 aliphatic carbocycles. The number of halogens is 1. The van der Waals surface area contributed by atoms with Crippen molar-refractivity contribution in [2.24, 2.45) is 0 Å². The molecule has 14 heavy (non-hydrogen) atoms. The van der Waals surface area contributed by atoms with E-state index < -0.39 is 0 Å². The Hall–Kier alpha value is -1.48. The Morgan fingerprint density at radius 1 is 1.57 bits per heavy atom. The summed E-state index contributed by atoms with van der Waals surface area (Å²) in [5.41, 5.74) is 1.48. The number of oxazole rings is 1. The summed E-state index contributed by atoms with van der Waals surface area (Å²) < 4.78 is 5.40. The number of nitrogens with one attached hydrogen (secondary N) is 1. The molecule has 0 radical (unpaired) electrons. The summed E-state index contributed by atoms with van der Waals surface area (Å²) in [6.45, 7) is 4.22. The van der Waals surface area contributed by atoms with Crippen LogP contribution in [0.25, 0.3) is 11.1 Å². The summed E-state index contributed by atoms with van der Waals surface area (Å²) in [6.07, 6.45) is 1.74. The van der Waals surface area contributed by atoms with E-state index in [4.69, 9.17) is 16.0 Å². The minimum Gasteiger partial charge on any atom is -0.423 e. The fraction of sp³-hybridized carbons (Fsp3) is 0.100. The summed E-state index contributed by atoms with van der Waals surface area (Å²) in [7, 11) is 0. The van der Waals surface area contributed by atoms with Crippen LogP contribution in [0.4, 0.5) is 6.01 Å². The molecule has 1 aromatic carbocycles. The SMILES string of the molecule is C=CCNc1nc2ccc(Cl)cc2o1. The van der Waals surface area contributed by atoms with Crippen molar-refractivity contribution in [1.29, 1.82) is 0 Å². The molecular weight excluding hydrogens is 200 g/mol. The molecule has 1 heterocycles. The highest BCUT2D eigenvalue weighted by Gasteiger charge is 2.04. The Morgan fingerprint density at radius 3 is 3.21 bits per heavy atom. The van der Waals surface area contributed by atoms with Crippen LogP contribution in [0, 0.1) is 0 Å². The molecule has 0 saturated heterocycles. The number of anilines is 1. The van der Waals surface area contributed by atoms with Crippen molar-refractivity contribution >= 4 is 28.7 Å². The zero-order valence-corrected chi connectivity index (χ0v) is 8.21. The van der Waals surface area contributed by atoms with E-state index in [1.54, 1.807) is 18.2 Å². The van der Waals surface area contributed by atoms with E-state index in [0.717, 1.165) is 5.52 Å². The van der Waals surface area contributed by atoms with Crippen molar-refractivity contribution in [2.45, 2.75) is 0 Å². The molecule has 0 atom stereocenters. The summed E-state index contributed by atoms with van der Waals surface area (Å²) in [6, 6.07) is 5.83. The summed E-state index contributed by atoms with van der Waals surface area (Å²) in [5.74, 6) is 0. The van der Waals surface area contributed by atoms with E-state index >= 15 is 0 Å². The zero-order valence-electron chi connectivity index (χ0n) is 7.46. The van der Waals surface area contributed by atoms with Gasteiger partial charge in [0.25, 0.3) is 6.01 Å². The van der Waals surface area contributed by atoms with Gasteiger partial charge in [-0.05, 0) is 12.1 Å². The van der Waals surface area contributed by atoms with Gasteiger partial charge in [-0.1, -0.05) is 17.7 Å². The normalized spacial score (nSPS) is 10.4. The molecule has 1 N–H and O–H groups in total. The fourth-order valence-electron chi connectivity index (χ4n) is 1.13. The molecule has 0 aliphatic heterocycles. The lowest BCUT2D eigenvalue weighted by Gasteiger charge is -1.92. The lowest BCUT2D eigenvalue weighted by molar-refractivity contribution is 0.618. The molecule has 0 unspecified atom stereocenters. The maximum atomic E-state index is 5.81. The third-order valence-corrected chi connectivity index (χ3v) is 1.98. The molecule has 1 aromatic heterocycles. The summed E-state index contributed by atoms with van der Waals surface area (Å²) in [4.78, 5) is 4.21. The van der Waals surface area contributed by atoms with Crippen LogP contribution in [0.2, 0.25) is 5.02 Å². The van der Waals surface area contributed by atoms with Gasteiger partial charge in [0.2, 0.25) is 0 Å². The number of benzene rings is 1. The van der Waals surface area contributed by atoms with Gasteiger partial charge in [-0.3, -0.25) is 0 Å². The Balaban J connectivity index is 2.36. The predicted octanol–water partition coefficient (Wildman–Crippen LogP) is 3.08. The smallest absolute Gasteiger partial charge is 0.295 e. The van der Waals surface area contributed by atoms with Crippen molar-refractivity contribution < 1.29 is 4.42 Å². The van der Waals surface area contributed by atoms with Gasteiger partial charge in [-0.15, -0.1) is 6.58 Å². The van der Waals surface area contributed by atoms with E-state index in [9.17, 15) is 0 Å². The highest BCUT2D eigenvalue weighted by atomic mass is 35.5. The lowest BCUT2D eigenvalue weighted by atomic mass is 10.3. The van der Waals surface area contributed by atoms with Crippen LogP contribution in [0.15, 0.2) is 35.3 Å². The first-order valence-corrected chi connectivity index (χ1v) is 4.58. The molecule has 4 heteroatoms. The van der Waals surface area contributed by atoms with Gasteiger partial charge >= 0.3 is 0 Å². The first-order chi connectivity index (χ1) is 6.79. The van der Waals surface area contributed by atoms with Gasteiger partial charge in [0, 0.05) is 17.6 Å². The lowest BCUT2D eigenvalue weighted by Crippen LogP contribution is -1.96. The maximum Gasteiger partial charge on any atom is 0.295 e. The third-order valence-electron chi connectivity index (χ3n) is 1.75. The second-order valence-corrected chi connectivity index (χ2v) is 3.24. The maximum absolute atomic E-state index is 5.81. The largest absolute Gasteiger partial charge is 0.423 e. The van der Waals surface area contributed by atoms with Crippen molar-refractivity contribution in [3.05, 3.63) is 35.9 Å². The number of aromatic nitrogens is 1. The Labute approximate surface area is 86.4 Å². The topological polar surface area (TPSA) is 38.1 Å². The van der Waals surface area contributed by atoms with E-state index in [0.29, 0.717) is 23.2 Å². The van der Waals surface area contributed by atoms with Crippen molar-refractivity contribution in [1.82, 2.24) is 4.98 Å². The molecular formula is C10H9ClN2O. The number of nitrogens with zero attached hydrogens (tertiary/aromatic N) is 1. The van der Waals surface area contributed by atoms with Crippen LogP contribution in [-0.2, 0) is 0 Å². The minimum atomic E-state index is 0.488. The van der Waals surface area contributed by atoms with Crippen molar-refractivity contribution in [3.8, 4) is 0 Å². The molecule has 0 aliphatic rings. The Kier molecular flexibility index (Phi) is 2.41. The van der Waals surface area contributed by atoms with Crippen LogP contribution >= 0.6 is 11.6 Å². The molecule has 0 bridgehead atoms. The van der Waals surface area contributed by atoms with Crippen LogP contribution in [-0.4, -0.2) is 11.5 Å². The second-order valence-electron chi connectivity index (χ2n) is 2.80. The average molecular weight is 209 g/mol. The highest BCUT2D eigenvalue weighted by molar-refractivity contribution is 6.31. The molecule has 2 aromatic rings. The highest BCUT2D eigenvalue weighted by Crippen LogP contribution is 2.22. The fourth-order valence-corrected chi connectivity index (χ4v) is 1.30. The second kappa shape index (κ2) is 3.72. The third kappa shape index (κ3) is 1.72. The van der Waals surface area contributed by atoms with Gasteiger partial charge in [-0.2, -0.15) is 4.98 Å². The number of rotatable bonds is 3. The quantitative estimate of drug-likeness (QED) is 0.788. The molecule has 72 valence electrons.